The van der Waals surface area contributed by atoms with Gasteiger partial charge in [0.05, 0.1) is 12.1 Å². The van der Waals surface area contributed by atoms with Crippen LogP contribution in [0.4, 0.5) is 0 Å². The van der Waals surface area contributed by atoms with Crippen molar-refractivity contribution in [1.82, 2.24) is 0 Å². The number of aryl methyl sites for hydroxylation is 1. The van der Waals surface area contributed by atoms with Crippen molar-refractivity contribution in [3.05, 3.63) is 29.3 Å². The molecule has 2 saturated carbocycles. The van der Waals surface area contributed by atoms with Crippen LogP contribution >= 0.6 is 0 Å². The maximum Gasteiger partial charge on any atom is 1.00 e. The molecule has 11 nitrogen and oxygen atoms in total. The fraction of sp³-hybridized carbons (Fsp3) is 0.708. The summed E-state index contributed by atoms with van der Waals surface area (Å²) in [6.07, 6.45) is -4.72. The third-order valence-corrected chi connectivity index (χ3v) is 9.37. The number of aliphatic carboxylic acids is 1. The second-order valence-corrected chi connectivity index (χ2v) is 11.7. The van der Waals surface area contributed by atoms with Crippen molar-refractivity contribution >= 4 is 16.4 Å². The van der Waals surface area contributed by atoms with Crippen LogP contribution in [0, 0.1) is 17.3 Å². The van der Waals surface area contributed by atoms with E-state index in [0.717, 1.165) is 43.2 Å². The number of aliphatic hydroxyl groups excluding tert-OH is 3. The number of hydrogen-bond donors (Lipinski definition) is 3. The summed E-state index contributed by atoms with van der Waals surface area (Å²) in [5.41, 5.74) is 1.84. The molecule has 4 aliphatic rings. The van der Waals surface area contributed by atoms with Gasteiger partial charge in [-0.2, -0.15) is 0 Å². The quantitative estimate of drug-likeness (QED) is 0.165. The summed E-state index contributed by atoms with van der Waals surface area (Å²) >= 11 is 0. The first kappa shape index (κ1) is 34.0. The van der Waals surface area contributed by atoms with E-state index in [1.165, 1.54) is 0 Å². The molecule has 10 unspecified atom stereocenters. The molecule has 1 aromatic carbocycles. The topological polar surface area (TPSA) is 186 Å². The van der Waals surface area contributed by atoms with Gasteiger partial charge in [0, 0.05) is 0 Å². The molecule has 1 aromatic rings. The number of hydrogen-bond acceptors (Lipinski definition) is 11. The zero-order chi connectivity index (χ0) is 26.0. The summed E-state index contributed by atoms with van der Waals surface area (Å²) < 4.78 is 49.6. The van der Waals surface area contributed by atoms with Gasteiger partial charge in [-0.1, -0.05) is 13.0 Å². The van der Waals surface area contributed by atoms with Crippen LogP contribution in [0.3, 0.4) is 0 Å². The van der Waals surface area contributed by atoms with Crippen LogP contribution in [0.25, 0.3) is 0 Å². The normalized spacial score (nSPS) is 40.0. The van der Waals surface area contributed by atoms with E-state index in [1.54, 1.807) is 6.07 Å². The van der Waals surface area contributed by atoms with Crippen molar-refractivity contribution in [3.8, 4) is 5.75 Å². The molecular formula is C24H30K2O11S. The van der Waals surface area contributed by atoms with Gasteiger partial charge in [-0.25, -0.2) is 8.42 Å². The summed E-state index contributed by atoms with van der Waals surface area (Å²) in [4.78, 5) is 11.2. The number of carbonyl (C=O) groups is 1. The van der Waals surface area contributed by atoms with Crippen molar-refractivity contribution in [2.24, 2.45) is 17.3 Å². The molecule has 3 N–H and O–H groups in total. The van der Waals surface area contributed by atoms with Gasteiger partial charge in [-0.3, -0.25) is 4.18 Å². The fourth-order valence-electron chi connectivity index (χ4n) is 7.16. The average molecular weight is 605 g/mol. The Morgan fingerprint density at radius 2 is 1.79 bits per heavy atom. The third-order valence-electron chi connectivity index (χ3n) is 8.90. The van der Waals surface area contributed by atoms with Crippen molar-refractivity contribution in [3.63, 3.8) is 0 Å². The number of aliphatic hydroxyl groups is 3. The van der Waals surface area contributed by atoms with E-state index in [-0.39, 0.29) is 120 Å². The summed E-state index contributed by atoms with van der Waals surface area (Å²) in [6.45, 7) is 2.03. The van der Waals surface area contributed by atoms with Gasteiger partial charge < -0.3 is 39.2 Å². The van der Waals surface area contributed by atoms with E-state index in [9.17, 15) is 38.2 Å². The zero-order valence-corrected chi connectivity index (χ0v) is 28.7. The summed E-state index contributed by atoms with van der Waals surface area (Å²) in [5.74, 6) is -0.565. The predicted octanol–water partition coefficient (Wildman–Crippen LogP) is -6.67. The first-order valence-electron chi connectivity index (χ1n) is 12.2. The van der Waals surface area contributed by atoms with Gasteiger partial charge >= 0.3 is 103 Å². The zero-order valence-electron chi connectivity index (χ0n) is 21.7. The van der Waals surface area contributed by atoms with Crippen molar-refractivity contribution in [1.29, 1.82) is 0 Å². The Balaban J connectivity index is 0.00000200. The van der Waals surface area contributed by atoms with Crippen LogP contribution in [0.1, 0.15) is 56.1 Å². The van der Waals surface area contributed by atoms with E-state index in [4.69, 9.17) is 13.7 Å². The largest absolute Gasteiger partial charge is 1.00 e. The minimum absolute atomic E-state index is 0. The average Bonchev–Trinajstić information content (AvgIpc) is 3.13. The van der Waals surface area contributed by atoms with Crippen molar-refractivity contribution in [2.45, 2.75) is 88.2 Å². The molecule has 0 aromatic heterocycles. The first-order valence-corrected chi connectivity index (χ1v) is 13.6. The molecule has 38 heavy (non-hydrogen) atoms. The van der Waals surface area contributed by atoms with Crippen LogP contribution in [0.2, 0.25) is 0 Å². The molecular weight excluding hydrogens is 575 g/mol. The Bertz CT molecular complexity index is 1130. The monoisotopic (exact) mass is 604 g/mol. The molecule has 1 saturated heterocycles. The van der Waals surface area contributed by atoms with Crippen molar-refractivity contribution in [2.75, 3.05) is 0 Å². The molecule has 1 heterocycles. The Morgan fingerprint density at radius 3 is 2.45 bits per heavy atom. The SMILES string of the molecule is CC12CCC3c4ccc(OC5OC(C(=O)[O-])C(O)C(O)C5O)cc4CCC3C1CCC2OS(=O)(=O)[O-].[K+].[K+]. The number of fused-ring (bicyclic) bond motifs is 5. The molecule has 3 fully saturated rings. The molecule has 14 heteroatoms. The van der Waals surface area contributed by atoms with Gasteiger partial charge in [-0.05, 0) is 85.0 Å². The molecule has 5 rings (SSSR count). The number of carboxylic acid groups (broad SMARTS) is 1. The Labute approximate surface area is 306 Å². The molecule has 0 spiro atoms. The second-order valence-electron chi connectivity index (χ2n) is 10.7. The van der Waals surface area contributed by atoms with Gasteiger partial charge in [0.25, 0.3) is 0 Å². The van der Waals surface area contributed by atoms with Gasteiger partial charge in [0.2, 0.25) is 16.7 Å². The number of carbonyl (C=O) groups excluding carboxylic acids is 1. The Morgan fingerprint density at radius 1 is 1.08 bits per heavy atom. The molecule has 1 aliphatic heterocycles. The minimum atomic E-state index is -4.77. The molecule has 3 aliphatic carbocycles. The van der Waals surface area contributed by atoms with E-state index in [0.29, 0.717) is 18.1 Å². The molecule has 10 atom stereocenters. The first-order chi connectivity index (χ1) is 16.9. The predicted molar refractivity (Wildman–Crippen MR) is 118 cm³/mol. The number of carboxylic acids is 1. The van der Waals surface area contributed by atoms with Gasteiger partial charge in [0.1, 0.15) is 30.2 Å². The number of benzene rings is 1. The van der Waals surface area contributed by atoms with Gasteiger partial charge in [0.15, 0.2) is 0 Å². The number of ether oxygens (including phenoxy) is 2. The van der Waals surface area contributed by atoms with Crippen LogP contribution in [-0.4, -0.2) is 71.1 Å². The van der Waals surface area contributed by atoms with E-state index in [1.807, 2.05) is 19.1 Å². The minimum Gasteiger partial charge on any atom is -0.726 e. The van der Waals surface area contributed by atoms with Crippen LogP contribution < -0.4 is 113 Å². The smallest absolute Gasteiger partial charge is 0.726 e. The Kier molecular flexibility index (Phi) is 11.6. The third kappa shape index (κ3) is 6.51. The van der Waals surface area contributed by atoms with Crippen LogP contribution in [0.5, 0.6) is 5.75 Å². The maximum absolute atomic E-state index is 11.3. The molecule has 200 valence electrons. The molecule has 0 amide bonds. The summed E-state index contributed by atoms with van der Waals surface area (Å²) in [7, 11) is -4.77. The maximum atomic E-state index is 11.3. The van der Waals surface area contributed by atoms with Crippen LogP contribution in [0.15, 0.2) is 18.2 Å². The standard InChI is InChI=1S/C24H32O11S.2K/c1-24-9-8-14-13-5-3-12(33-23-20(27)18(25)19(26)21(34-23)22(28)29)10-11(13)2-4-15(14)16(24)6-7-17(24)35-36(30,31)32;;/h3,5,10,14-21,23,25-27H,2,4,6-9H2,1H3,(H,28,29)(H,30,31,32);;/q;2*+1/p-2. The second kappa shape index (κ2) is 13.0. The van der Waals surface area contributed by atoms with Crippen LogP contribution in [-0.2, 0) is 30.5 Å². The molecule has 0 radical (unpaired) electrons. The van der Waals surface area contributed by atoms with Gasteiger partial charge in [-0.15, -0.1) is 0 Å². The number of rotatable bonds is 5. The van der Waals surface area contributed by atoms with Crippen molar-refractivity contribution < 1.29 is 155 Å². The van der Waals surface area contributed by atoms with E-state index < -0.39 is 53.2 Å². The fourth-order valence-corrected chi connectivity index (χ4v) is 7.76. The Hall–Kier alpha value is 1.47. The summed E-state index contributed by atoms with van der Waals surface area (Å²) in [6, 6.07) is 5.44. The van der Waals surface area contributed by atoms with E-state index >= 15 is 0 Å². The summed E-state index contributed by atoms with van der Waals surface area (Å²) in [5, 5.41) is 41.3. The molecule has 0 bridgehead atoms. The van der Waals surface area contributed by atoms with E-state index in [2.05, 4.69) is 0 Å².